The first-order chi connectivity index (χ1) is 18.4. The summed E-state index contributed by atoms with van der Waals surface area (Å²) in [4.78, 5) is 37.7. The Hall–Kier alpha value is -3.99. The van der Waals surface area contributed by atoms with E-state index in [0.29, 0.717) is 43.8 Å². The van der Waals surface area contributed by atoms with E-state index in [0.717, 1.165) is 42.4 Å². The maximum Gasteiger partial charge on any atom is 0.319 e. The second-order valence-electron chi connectivity index (χ2n) is 9.76. The number of nitrogens with one attached hydrogen (secondary N) is 2. The number of rotatable bonds is 6. The molecule has 2 N–H and O–H groups in total. The van der Waals surface area contributed by atoms with E-state index in [1.54, 1.807) is 6.20 Å². The van der Waals surface area contributed by atoms with Gasteiger partial charge in [0.1, 0.15) is 11.6 Å². The first kappa shape index (κ1) is 25.7. The number of benzene rings is 1. The van der Waals surface area contributed by atoms with E-state index in [2.05, 4.69) is 32.3 Å². The van der Waals surface area contributed by atoms with Crippen LogP contribution < -0.4 is 25.3 Å². The van der Waals surface area contributed by atoms with Crippen LogP contribution in [0.3, 0.4) is 0 Å². The normalized spacial score (nSPS) is 17.1. The minimum atomic E-state index is -0.226. The fraction of sp³-hybridized carbons (Fsp3) is 0.444. The van der Waals surface area contributed by atoms with E-state index < -0.39 is 0 Å². The molecule has 0 spiro atoms. The van der Waals surface area contributed by atoms with E-state index in [4.69, 9.17) is 19.7 Å². The van der Waals surface area contributed by atoms with Crippen LogP contribution in [0.4, 0.5) is 28.1 Å². The summed E-state index contributed by atoms with van der Waals surface area (Å²) in [5, 5.41) is 5.58. The third kappa shape index (κ3) is 5.47. The summed E-state index contributed by atoms with van der Waals surface area (Å²) >= 11 is 0. The highest BCUT2D eigenvalue weighted by Crippen LogP contribution is 2.33. The second-order valence-corrected chi connectivity index (χ2v) is 9.76. The number of hydrogen-bond acceptors (Lipinski definition) is 9. The van der Waals surface area contributed by atoms with Crippen LogP contribution in [0.5, 0.6) is 0 Å². The van der Waals surface area contributed by atoms with Gasteiger partial charge in [0.05, 0.1) is 31.5 Å². The largest absolute Gasteiger partial charge is 0.377 e. The van der Waals surface area contributed by atoms with Gasteiger partial charge in [0.15, 0.2) is 5.82 Å². The molecule has 5 rings (SSSR count). The van der Waals surface area contributed by atoms with E-state index >= 15 is 0 Å². The number of morpholine rings is 1. The van der Waals surface area contributed by atoms with Gasteiger partial charge in [-0.1, -0.05) is 0 Å². The van der Waals surface area contributed by atoms with Gasteiger partial charge in [0, 0.05) is 56.7 Å². The van der Waals surface area contributed by atoms with E-state index in [-0.39, 0.29) is 12.1 Å². The number of nitrogens with zero attached hydrogens (tertiary/aromatic N) is 7. The standard InChI is InChI=1S/C27H35N9O2/c1-5-28-27(37)30-20-8-6-19(7-9-20)24-31-22-16-35(23-10-12-29-26(32-23)34(3)4)13-11-21(22)25(33-24)36-14-15-38-17-18(36)2/h6-10,12,18H,5,11,13-17H2,1-4H3,(H2,28,30,37)/t18-/m0/s1. The van der Waals surface area contributed by atoms with Crippen molar-refractivity contribution in [2.75, 3.05) is 67.0 Å². The Bertz CT molecular complexity index is 1280. The van der Waals surface area contributed by atoms with Crippen LogP contribution in [0.1, 0.15) is 25.1 Å². The fourth-order valence-electron chi connectivity index (χ4n) is 4.78. The average molecular weight is 518 g/mol. The molecule has 11 heteroatoms. The van der Waals surface area contributed by atoms with Gasteiger partial charge in [0.2, 0.25) is 5.95 Å². The molecule has 2 aliphatic rings. The van der Waals surface area contributed by atoms with Gasteiger partial charge in [-0.2, -0.15) is 4.98 Å². The molecule has 38 heavy (non-hydrogen) atoms. The van der Waals surface area contributed by atoms with Crippen LogP contribution in [0.2, 0.25) is 0 Å². The Morgan fingerprint density at radius 3 is 2.68 bits per heavy atom. The monoisotopic (exact) mass is 517 g/mol. The minimum Gasteiger partial charge on any atom is -0.377 e. The van der Waals surface area contributed by atoms with Crippen LogP contribution >= 0.6 is 0 Å². The number of aromatic nitrogens is 4. The van der Waals surface area contributed by atoms with Crippen molar-refractivity contribution in [1.29, 1.82) is 0 Å². The number of ether oxygens (including phenoxy) is 1. The van der Waals surface area contributed by atoms with Crippen LogP contribution in [0.25, 0.3) is 11.4 Å². The molecular weight excluding hydrogens is 482 g/mol. The van der Waals surface area contributed by atoms with Gasteiger partial charge < -0.3 is 30.1 Å². The first-order valence-corrected chi connectivity index (χ1v) is 13.1. The summed E-state index contributed by atoms with van der Waals surface area (Å²) in [6.07, 6.45) is 2.63. The SMILES string of the molecule is CCNC(=O)Nc1ccc(-c2nc3c(c(N4CCOC[C@@H]4C)n2)CCN(c2ccnc(N(C)C)n2)C3)cc1. The number of fused-ring (bicyclic) bond motifs is 1. The molecule has 2 aromatic heterocycles. The van der Waals surface area contributed by atoms with Gasteiger partial charge in [-0.05, 0) is 50.6 Å². The summed E-state index contributed by atoms with van der Waals surface area (Å²) < 4.78 is 5.71. The smallest absolute Gasteiger partial charge is 0.319 e. The molecule has 1 saturated heterocycles. The number of anilines is 4. The molecule has 1 atom stereocenters. The highest BCUT2D eigenvalue weighted by atomic mass is 16.5. The number of carbonyl (C=O) groups is 1. The predicted molar refractivity (Wildman–Crippen MR) is 149 cm³/mol. The van der Waals surface area contributed by atoms with Gasteiger partial charge >= 0.3 is 6.03 Å². The molecule has 11 nitrogen and oxygen atoms in total. The molecule has 0 unspecified atom stereocenters. The van der Waals surface area contributed by atoms with E-state index in [1.165, 1.54) is 5.56 Å². The fourth-order valence-corrected chi connectivity index (χ4v) is 4.78. The lowest BCUT2D eigenvalue weighted by molar-refractivity contribution is 0.0984. The van der Waals surface area contributed by atoms with Gasteiger partial charge in [-0.3, -0.25) is 0 Å². The Morgan fingerprint density at radius 1 is 1.13 bits per heavy atom. The van der Waals surface area contributed by atoms with Crippen LogP contribution in [0.15, 0.2) is 36.5 Å². The predicted octanol–water partition coefficient (Wildman–Crippen LogP) is 2.93. The topological polar surface area (TPSA) is 112 Å². The van der Waals surface area contributed by atoms with Crippen molar-refractivity contribution >= 4 is 29.3 Å². The molecule has 2 amide bonds. The second kappa shape index (κ2) is 11.2. The van der Waals surface area contributed by atoms with E-state index in [9.17, 15) is 4.79 Å². The number of urea groups is 1. The third-order valence-corrected chi connectivity index (χ3v) is 6.77. The van der Waals surface area contributed by atoms with E-state index in [1.807, 2.05) is 56.3 Å². The van der Waals surface area contributed by atoms with Crippen molar-refractivity contribution in [3.05, 3.63) is 47.8 Å². The van der Waals surface area contributed by atoms with Crippen molar-refractivity contribution in [1.82, 2.24) is 25.3 Å². The molecule has 0 aliphatic carbocycles. The van der Waals surface area contributed by atoms with Crippen LogP contribution in [-0.2, 0) is 17.7 Å². The molecule has 3 aromatic rings. The number of hydrogen-bond donors (Lipinski definition) is 2. The molecule has 2 aliphatic heterocycles. The molecular formula is C27H35N9O2. The lowest BCUT2D eigenvalue weighted by Crippen LogP contribution is -2.45. The van der Waals surface area contributed by atoms with Crippen molar-refractivity contribution in [2.24, 2.45) is 0 Å². The zero-order valence-electron chi connectivity index (χ0n) is 22.4. The Kier molecular flexibility index (Phi) is 7.54. The van der Waals surface area contributed by atoms with Crippen molar-refractivity contribution < 1.29 is 9.53 Å². The maximum absolute atomic E-state index is 11.9. The summed E-state index contributed by atoms with van der Waals surface area (Å²) in [6.45, 7) is 8.24. The van der Waals surface area contributed by atoms with Crippen molar-refractivity contribution in [3.8, 4) is 11.4 Å². The lowest BCUT2D eigenvalue weighted by Gasteiger charge is -2.38. The molecule has 1 fully saturated rings. The zero-order valence-corrected chi connectivity index (χ0v) is 22.4. The van der Waals surface area contributed by atoms with Gasteiger partial charge in [-0.15, -0.1) is 0 Å². The highest BCUT2D eigenvalue weighted by Gasteiger charge is 2.29. The Balaban J connectivity index is 1.49. The quantitative estimate of drug-likeness (QED) is 0.510. The Morgan fingerprint density at radius 2 is 1.95 bits per heavy atom. The number of amides is 2. The summed E-state index contributed by atoms with van der Waals surface area (Å²) in [6, 6.07) is 9.60. The van der Waals surface area contributed by atoms with Gasteiger partial charge in [-0.25, -0.2) is 19.7 Å². The highest BCUT2D eigenvalue weighted by molar-refractivity contribution is 5.89. The maximum atomic E-state index is 11.9. The molecule has 0 radical (unpaired) electrons. The Labute approximate surface area is 223 Å². The van der Waals surface area contributed by atoms with Crippen molar-refractivity contribution in [3.63, 3.8) is 0 Å². The van der Waals surface area contributed by atoms with Crippen LogP contribution in [-0.4, -0.2) is 79.0 Å². The number of carbonyl (C=O) groups excluding carboxylic acids is 1. The van der Waals surface area contributed by atoms with Crippen molar-refractivity contribution in [2.45, 2.75) is 32.9 Å². The van der Waals surface area contributed by atoms with Crippen LogP contribution in [0, 0.1) is 0 Å². The van der Waals surface area contributed by atoms with Gasteiger partial charge in [0.25, 0.3) is 0 Å². The molecule has 0 bridgehead atoms. The third-order valence-electron chi connectivity index (χ3n) is 6.77. The lowest BCUT2D eigenvalue weighted by atomic mass is 10.0. The molecule has 1 aromatic carbocycles. The summed E-state index contributed by atoms with van der Waals surface area (Å²) in [7, 11) is 3.88. The molecule has 4 heterocycles. The summed E-state index contributed by atoms with van der Waals surface area (Å²) in [5.41, 5.74) is 3.80. The minimum absolute atomic E-state index is 0.224. The molecule has 200 valence electrons. The summed E-state index contributed by atoms with van der Waals surface area (Å²) in [5.74, 6) is 3.22. The first-order valence-electron chi connectivity index (χ1n) is 13.1. The molecule has 0 saturated carbocycles. The zero-order chi connectivity index (χ0) is 26.6. The average Bonchev–Trinajstić information content (AvgIpc) is 2.93.